The summed E-state index contributed by atoms with van der Waals surface area (Å²) in [4.78, 5) is 4.90. The standard InChI is InChI=1S/C34H24N2/c1-34(2)28-15-8-7-13-24(28)26-17-18-27-32-29(16-9-19-35-32)36(33(27)31(26)34)30-20-21-10-3-4-11-22(21)23-12-5-6-14-25(23)30/h3-20H,1-2H3. The van der Waals surface area contributed by atoms with E-state index in [2.05, 4.69) is 122 Å². The number of benzene rings is 5. The first-order chi connectivity index (χ1) is 17.6. The van der Waals surface area contributed by atoms with Gasteiger partial charge in [-0.25, -0.2) is 0 Å². The van der Waals surface area contributed by atoms with Gasteiger partial charge < -0.3 is 4.57 Å². The van der Waals surface area contributed by atoms with Crippen molar-refractivity contribution in [1.29, 1.82) is 0 Å². The molecule has 0 fully saturated rings. The van der Waals surface area contributed by atoms with Crippen molar-refractivity contribution >= 4 is 43.5 Å². The van der Waals surface area contributed by atoms with Crippen LogP contribution < -0.4 is 0 Å². The quantitative estimate of drug-likeness (QED) is 0.224. The average Bonchev–Trinajstić information content (AvgIpc) is 3.37. The van der Waals surface area contributed by atoms with Crippen LogP contribution >= 0.6 is 0 Å². The van der Waals surface area contributed by atoms with E-state index in [1.807, 2.05) is 6.20 Å². The van der Waals surface area contributed by atoms with Gasteiger partial charge in [0, 0.05) is 22.4 Å². The highest BCUT2D eigenvalue weighted by atomic mass is 15.0. The first-order valence-corrected chi connectivity index (χ1v) is 12.6. The van der Waals surface area contributed by atoms with Gasteiger partial charge in [-0.3, -0.25) is 4.98 Å². The van der Waals surface area contributed by atoms with E-state index in [9.17, 15) is 0 Å². The summed E-state index contributed by atoms with van der Waals surface area (Å²) in [5.74, 6) is 0. The van der Waals surface area contributed by atoms with Gasteiger partial charge in [-0.1, -0.05) is 92.7 Å². The first kappa shape index (κ1) is 19.8. The Morgan fingerprint density at radius 3 is 2.28 bits per heavy atom. The van der Waals surface area contributed by atoms with Crippen molar-refractivity contribution < 1.29 is 0 Å². The lowest BCUT2D eigenvalue weighted by Gasteiger charge is -2.24. The molecule has 1 aliphatic rings. The predicted octanol–water partition coefficient (Wildman–Crippen LogP) is 8.79. The minimum atomic E-state index is -0.121. The van der Waals surface area contributed by atoms with Gasteiger partial charge in [-0.15, -0.1) is 0 Å². The Hall–Kier alpha value is -4.43. The number of fused-ring (bicyclic) bond motifs is 10. The van der Waals surface area contributed by atoms with Crippen LogP contribution in [0.3, 0.4) is 0 Å². The number of aromatic nitrogens is 2. The van der Waals surface area contributed by atoms with Crippen LogP contribution in [0.4, 0.5) is 0 Å². The third-order valence-electron chi connectivity index (χ3n) is 8.19. The van der Waals surface area contributed by atoms with Crippen molar-refractivity contribution in [2.24, 2.45) is 0 Å². The molecular formula is C34H24N2. The molecule has 2 aromatic heterocycles. The van der Waals surface area contributed by atoms with Gasteiger partial charge in [0.1, 0.15) is 0 Å². The van der Waals surface area contributed by atoms with Crippen LogP contribution in [0.25, 0.3) is 60.3 Å². The van der Waals surface area contributed by atoms with Crippen LogP contribution in [0, 0.1) is 0 Å². The van der Waals surface area contributed by atoms with Crippen molar-refractivity contribution in [3.8, 4) is 16.8 Å². The van der Waals surface area contributed by atoms with Crippen molar-refractivity contribution in [3.05, 3.63) is 120 Å². The van der Waals surface area contributed by atoms with Gasteiger partial charge in [-0.2, -0.15) is 0 Å². The highest BCUT2D eigenvalue weighted by molar-refractivity contribution is 6.16. The molecule has 0 saturated carbocycles. The molecule has 2 heteroatoms. The second-order valence-corrected chi connectivity index (χ2v) is 10.4. The molecule has 7 aromatic rings. The third-order valence-corrected chi connectivity index (χ3v) is 8.19. The molecule has 0 atom stereocenters. The van der Waals surface area contributed by atoms with Crippen LogP contribution in [-0.2, 0) is 5.41 Å². The molecule has 2 heterocycles. The molecule has 0 saturated heterocycles. The van der Waals surface area contributed by atoms with Crippen molar-refractivity contribution in [1.82, 2.24) is 9.55 Å². The Kier molecular flexibility index (Phi) is 3.76. The van der Waals surface area contributed by atoms with Gasteiger partial charge in [0.2, 0.25) is 0 Å². The number of pyridine rings is 1. The van der Waals surface area contributed by atoms with E-state index in [1.54, 1.807) is 0 Å². The molecule has 0 bridgehead atoms. The zero-order valence-electron chi connectivity index (χ0n) is 20.3. The molecule has 0 N–H and O–H groups in total. The maximum Gasteiger partial charge on any atom is 0.0963 e. The lowest BCUT2D eigenvalue weighted by molar-refractivity contribution is 0.664. The fourth-order valence-electron chi connectivity index (χ4n) is 6.64. The summed E-state index contributed by atoms with van der Waals surface area (Å²) in [7, 11) is 0. The minimum Gasteiger partial charge on any atom is -0.307 e. The lowest BCUT2D eigenvalue weighted by Crippen LogP contribution is -2.16. The minimum absolute atomic E-state index is 0.121. The number of hydrogen-bond donors (Lipinski definition) is 0. The fourth-order valence-corrected chi connectivity index (χ4v) is 6.64. The predicted molar refractivity (Wildman–Crippen MR) is 151 cm³/mol. The fraction of sp³-hybridized carbons (Fsp3) is 0.0882. The molecule has 0 radical (unpaired) electrons. The Balaban J connectivity index is 1.63. The summed E-state index contributed by atoms with van der Waals surface area (Å²) in [5, 5.41) is 6.28. The van der Waals surface area contributed by atoms with E-state index in [-0.39, 0.29) is 5.41 Å². The van der Waals surface area contributed by atoms with Crippen molar-refractivity contribution in [2.45, 2.75) is 19.3 Å². The van der Waals surface area contributed by atoms with E-state index in [0.717, 1.165) is 11.0 Å². The Morgan fingerprint density at radius 1 is 0.639 bits per heavy atom. The van der Waals surface area contributed by atoms with E-state index in [1.165, 1.54) is 60.4 Å². The number of nitrogens with zero attached hydrogens (tertiary/aromatic N) is 2. The molecule has 36 heavy (non-hydrogen) atoms. The summed E-state index contributed by atoms with van der Waals surface area (Å²) < 4.78 is 2.49. The Morgan fingerprint density at radius 2 is 1.39 bits per heavy atom. The summed E-state index contributed by atoms with van der Waals surface area (Å²) in [5.41, 5.74) is 10.00. The molecular weight excluding hydrogens is 436 g/mol. The van der Waals surface area contributed by atoms with Gasteiger partial charge in [-0.05, 0) is 62.7 Å². The van der Waals surface area contributed by atoms with Gasteiger partial charge >= 0.3 is 0 Å². The maximum atomic E-state index is 4.90. The SMILES string of the molecule is CC1(C)c2ccccc2-c2ccc3c4ncccc4n(-c4cc5ccccc5c5ccccc45)c3c21. The third kappa shape index (κ3) is 2.39. The Labute approximate surface area is 209 Å². The van der Waals surface area contributed by atoms with Crippen LogP contribution in [0.15, 0.2) is 109 Å². The van der Waals surface area contributed by atoms with Crippen LogP contribution in [0.5, 0.6) is 0 Å². The number of hydrogen-bond acceptors (Lipinski definition) is 1. The van der Waals surface area contributed by atoms with Crippen LogP contribution in [0.1, 0.15) is 25.0 Å². The van der Waals surface area contributed by atoms with E-state index >= 15 is 0 Å². The maximum absolute atomic E-state index is 4.90. The summed E-state index contributed by atoms with van der Waals surface area (Å²) in [6, 6.07) is 37.6. The first-order valence-electron chi connectivity index (χ1n) is 12.6. The topological polar surface area (TPSA) is 17.8 Å². The van der Waals surface area contributed by atoms with Crippen LogP contribution in [0.2, 0.25) is 0 Å². The number of rotatable bonds is 1. The monoisotopic (exact) mass is 460 g/mol. The highest BCUT2D eigenvalue weighted by Gasteiger charge is 2.38. The molecule has 2 nitrogen and oxygen atoms in total. The second kappa shape index (κ2) is 6.83. The van der Waals surface area contributed by atoms with Gasteiger partial charge in [0.05, 0.1) is 22.2 Å². The zero-order valence-corrected chi connectivity index (χ0v) is 20.3. The summed E-state index contributed by atoms with van der Waals surface area (Å²) in [6.45, 7) is 4.73. The molecule has 0 aliphatic heterocycles. The highest BCUT2D eigenvalue weighted by Crippen LogP contribution is 2.53. The van der Waals surface area contributed by atoms with Gasteiger partial charge in [0.15, 0.2) is 0 Å². The molecule has 0 spiro atoms. The average molecular weight is 461 g/mol. The van der Waals surface area contributed by atoms with E-state index in [4.69, 9.17) is 4.98 Å². The van der Waals surface area contributed by atoms with Gasteiger partial charge in [0.25, 0.3) is 0 Å². The second-order valence-electron chi connectivity index (χ2n) is 10.4. The lowest BCUT2D eigenvalue weighted by atomic mass is 9.81. The summed E-state index contributed by atoms with van der Waals surface area (Å²) in [6.07, 6.45) is 1.91. The van der Waals surface area contributed by atoms with Crippen molar-refractivity contribution in [2.75, 3.05) is 0 Å². The Bertz CT molecular complexity index is 2020. The molecule has 5 aromatic carbocycles. The van der Waals surface area contributed by atoms with E-state index < -0.39 is 0 Å². The molecule has 1 aliphatic carbocycles. The molecule has 0 unspecified atom stereocenters. The van der Waals surface area contributed by atoms with Crippen LogP contribution in [-0.4, -0.2) is 9.55 Å². The molecule has 0 amide bonds. The molecule has 8 rings (SSSR count). The normalized spacial score (nSPS) is 14.1. The zero-order chi connectivity index (χ0) is 24.0. The molecule has 170 valence electrons. The largest absolute Gasteiger partial charge is 0.307 e. The van der Waals surface area contributed by atoms with Crippen molar-refractivity contribution in [3.63, 3.8) is 0 Å². The summed E-state index contributed by atoms with van der Waals surface area (Å²) >= 11 is 0. The smallest absolute Gasteiger partial charge is 0.0963 e. The van der Waals surface area contributed by atoms with E-state index in [0.29, 0.717) is 0 Å².